The van der Waals surface area contributed by atoms with Gasteiger partial charge in [0.25, 0.3) is 10.0 Å². The van der Waals surface area contributed by atoms with Crippen LogP contribution in [0.25, 0.3) is 0 Å². The lowest BCUT2D eigenvalue weighted by molar-refractivity contribution is 0.475. The molecule has 132 valence electrons. The highest BCUT2D eigenvalue weighted by molar-refractivity contribution is 7.90. The molecule has 7 heteroatoms. The fourth-order valence-electron chi connectivity index (χ4n) is 2.20. The number of sulfonamides is 1. The van der Waals surface area contributed by atoms with Crippen LogP contribution in [0.1, 0.15) is 5.56 Å². The van der Waals surface area contributed by atoms with Crippen molar-refractivity contribution in [2.75, 3.05) is 5.32 Å². The summed E-state index contributed by atoms with van der Waals surface area (Å²) >= 11 is 5.92. The van der Waals surface area contributed by atoms with Gasteiger partial charge in [-0.15, -0.1) is 4.40 Å². The summed E-state index contributed by atoms with van der Waals surface area (Å²) in [7, 11) is -3.90. The Hall–Kier alpha value is -2.83. The van der Waals surface area contributed by atoms with Gasteiger partial charge in [-0.1, -0.05) is 29.8 Å². The topological polar surface area (TPSA) is 78.8 Å². The first-order valence-electron chi connectivity index (χ1n) is 7.66. The van der Waals surface area contributed by atoms with Crippen LogP contribution < -0.4 is 5.32 Å². The van der Waals surface area contributed by atoms with Gasteiger partial charge in [0.1, 0.15) is 5.75 Å². The molecule has 26 heavy (non-hydrogen) atoms. The highest BCUT2D eigenvalue weighted by Crippen LogP contribution is 2.19. The van der Waals surface area contributed by atoms with Crippen LogP contribution >= 0.6 is 11.6 Å². The number of hydrogen-bond donors (Lipinski definition) is 2. The van der Waals surface area contributed by atoms with Crippen molar-refractivity contribution < 1.29 is 13.5 Å². The van der Waals surface area contributed by atoms with E-state index in [0.29, 0.717) is 16.3 Å². The van der Waals surface area contributed by atoms with Crippen molar-refractivity contribution in [3.63, 3.8) is 0 Å². The number of halogens is 1. The minimum absolute atomic E-state index is 0.0963. The summed E-state index contributed by atoms with van der Waals surface area (Å²) in [5.74, 6) is 0.258. The maximum Gasteiger partial charge on any atom is 0.284 e. The highest BCUT2D eigenvalue weighted by Gasteiger charge is 2.15. The van der Waals surface area contributed by atoms with E-state index in [-0.39, 0.29) is 16.5 Å². The molecule has 0 spiro atoms. The lowest BCUT2D eigenvalue weighted by Gasteiger charge is -2.11. The molecule has 3 aromatic rings. The summed E-state index contributed by atoms with van der Waals surface area (Å²) in [5.41, 5.74) is 1.14. The maximum absolute atomic E-state index is 12.6. The quantitative estimate of drug-likeness (QED) is 0.398. The Bertz CT molecular complexity index is 1020. The predicted octanol–water partition coefficient (Wildman–Crippen LogP) is 4.29. The second-order valence-corrected chi connectivity index (χ2v) is 7.45. The molecular weight excluding hydrogens is 372 g/mol. The number of phenolic OH excluding ortho intramolecular Hbond substituents is 1. The average Bonchev–Trinajstić information content (AvgIpc) is 2.64. The van der Waals surface area contributed by atoms with E-state index in [0.717, 1.165) is 0 Å². The van der Waals surface area contributed by atoms with Gasteiger partial charge in [-0.05, 0) is 60.7 Å². The third-order valence-corrected chi connectivity index (χ3v) is 5.04. The molecule has 0 aliphatic heterocycles. The summed E-state index contributed by atoms with van der Waals surface area (Å²) in [6.45, 7) is 0. The van der Waals surface area contributed by atoms with E-state index in [2.05, 4.69) is 9.71 Å². The summed E-state index contributed by atoms with van der Waals surface area (Å²) in [4.78, 5) is 0.0963. The van der Waals surface area contributed by atoms with E-state index in [9.17, 15) is 13.5 Å². The Morgan fingerprint density at radius 2 is 1.50 bits per heavy atom. The molecule has 0 atom stereocenters. The van der Waals surface area contributed by atoms with Crippen molar-refractivity contribution in [3.8, 4) is 5.75 Å². The zero-order valence-corrected chi connectivity index (χ0v) is 15.1. The fraction of sp³-hybridized carbons (Fsp3) is 0. The second-order valence-electron chi connectivity index (χ2n) is 5.41. The molecule has 5 nitrogen and oxygen atoms in total. The first kappa shape index (κ1) is 18.0. The molecule has 2 N–H and O–H groups in total. The van der Waals surface area contributed by atoms with Crippen LogP contribution in [0.15, 0.2) is 88.2 Å². The molecule has 0 aliphatic carbocycles. The Balaban J connectivity index is 2.05. The molecule has 0 saturated heterocycles. The zero-order valence-electron chi connectivity index (χ0n) is 13.5. The number of nitrogens with zero attached hydrogens (tertiary/aromatic N) is 1. The largest absolute Gasteiger partial charge is 0.508 e. The van der Waals surface area contributed by atoms with Crippen LogP contribution in [0.2, 0.25) is 5.02 Å². The van der Waals surface area contributed by atoms with Crippen LogP contribution in [0.4, 0.5) is 5.69 Å². The normalized spacial score (nSPS) is 12.0. The Kier molecular flexibility index (Phi) is 5.25. The lowest BCUT2D eigenvalue weighted by atomic mass is 10.2. The van der Waals surface area contributed by atoms with Crippen LogP contribution in [0.3, 0.4) is 0 Å². The zero-order chi connectivity index (χ0) is 18.6. The van der Waals surface area contributed by atoms with Crippen molar-refractivity contribution in [1.82, 2.24) is 0 Å². The van der Waals surface area contributed by atoms with Gasteiger partial charge in [-0.2, -0.15) is 8.42 Å². The van der Waals surface area contributed by atoms with Crippen molar-refractivity contribution in [2.45, 2.75) is 4.90 Å². The SMILES string of the molecule is O=S(=O)(/N=C(/Nc1ccc(O)cc1)c1ccc(Cl)cc1)c1ccccc1. The molecule has 0 aliphatic rings. The number of phenols is 1. The van der Waals surface area contributed by atoms with Gasteiger partial charge in [0, 0.05) is 16.3 Å². The number of amidine groups is 1. The second kappa shape index (κ2) is 7.59. The van der Waals surface area contributed by atoms with E-state index >= 15 is 0 Å². The minimum Gasteiger partial charge on any atom is -0.508 e. The monoisotopic (exact) mass is 386 g/mol. The first-order valence-corrected chi connectivity index (χ1v) is 9.48. The molecule has 0 fully saturated rings. The molecule has 3 rings (SSSR count). The summed E-state index contributed by atoms with van der Waals surface area (Å²) in [6.07, 6.45) is 0. The summed E-state index contributed by atoms with van der Waals surface area (Å²) in [5, 5.41) is 12.9. The minimum atomic E-state index is -3.90. The molecule has 0 aromatic heterocycles. The molecule has 0 heterocycles. The van der Waals surface area contributed by atoms with Gasteiger partial charge in [0.05, 0.1) is 4.90 Å². The van der Waals surface area contributed by atoms with Gasteiger partial charge >= 0.3 is 0 Å². The van der Waals surface area contributed by atoms with E-state index in [4.69, 9.17) is 11.6 Å². The molecule has 0 bridgehead atoms. The van der Waals surface area contributed by atoms with E-state index in [1.54, 1.807) is 54.6 Å². The Labute approximate surface area is 156 Å². The van der Waals surface area contributed by atoms with Crippen LogP contribution in [-0.2, 0) is 10.0 Å². The summed E-state index contributed by atoms with van der Waals surface area (Å²) in [6, 6.07) is 20.9. The Morgan fingerprint density at radius 1 is 0.885 bits per heavy atom. The van der Waals surface area contributed by atoms with Gasteiger partial charge in [0.2, 0.25) is 0 Å². The molecule has 0 radical (unpaired) electrons. The van der Waals surface area contributed by atoms with Crippen molar-refractivity contribution in [1.29, 1.82) is 0 Å². The van der Waals surface area contributed by atoms with Crippen molar-refractivity contribution in [3.05, 3.63) is 89.4 Å². The highest BCUT2D eigenvalue weighted by atomic mass is 35.5. The molecule has 3 aromatic carbocycles. The van der Waals surface area contributed by atoms with Gasteiger partial charge in [-0.3, -0.25) is 0 Å². The number of rotatable bonds is 4. The third kappa shape index (κ3) is 4.41. The molecule has 0 amide bonds. The van der Waals surface area contributed by atoms with E-state index in [1.807, 2.05) is 0 Å². The van der Waals surface area contributed by atoms with Crippen LogP contribution in [-0.4, -0.2) is 19.4 Å². The number of aromatic hydroxyl groups is 1. The van der Waals surface area contributed by atoms with E-state index in [1.165, 1.54) is 24.3 Å². The van der Waals surface area contributed by atoms with E-state index < -0.39 is 10.0 Å². The molecule has 0 saturated carbocycles. The van der Waals surface area contributed by atoms with Crippen LogP contribution in [0, 0.1) is 0 Å². The molecular formula is C19H15ClN2O3S. The van der Waals surface area contributed by atoms with Gasteiger partial charge in [0.15, 0.2) is 5.84 Å². The standard InChI is InChI=1S/C19H15ClN2O3S/c20-15-8-6-14(7-9-15)19(21-16-10-12-17(23)13-11-16)22-26(24,25)18-4-2-1-3-5-18/h1-13,23H,(H,21,22). The number of hydrogen-bond acceptors (Lipinski definition) is 3. The third-order valence-electron chi connectivity index (χ3n) is 3.50. The van der Waals surface area contributed by atoms with Gasteiger partial charge < -0.3 is 10.4 Å². The lowest BCUT2D eigenvalue weighted by Crippen LogP contribution is -2.16. The number of nitrogens with one attached hydrogen (secondary N) is 1. The smallest absolute Gasteiger partial charge is 0.284 e. The van der Waals surface area contributed by atoms with Crippen molar-refractivity contribution >= 4 is 33.1 Å². The molecule has 0 unspecified atom stereocenters. The summed E-state index contributed by atoms with van der Waals surface area (Å²) < 4.78 is 29.2. The number of benzene rings is 3. The first-order chi connectivity index (χ1) is 12.4. The fourth-order valence-corrected chi connectivity index (χ4v) is 3.33. The van der Waals surface area contributed by atoms with Gasteiger partial charge in [-0.25, -0.2) is 0 Å². The Morgan fingerprint density at radius 3 is 2.12 bits per heavy atom. The maximum atomic E-state index is 12.6. The number of anilines is 1. The van der Waals surface area contributed by atoms with Crippen LogP contribution in [0.5, 0.6) is 5.75 Å². The average molecular weight is 387 g/mol. The predicted molar refractivity (Wildman–Crippen MR) is 103 cm³/mol. The van der Waals surface area contributed by atoms with Crippen molar-refractivity contribution in [2.24, 2.45) is 4.40 Å².